The molecule has 1 aromatic carbocycles. The zero-order valence-corrected chi connectivity index (χ0v) is 17.1. The Hall–Kier alpha value is -3.59. The zero-order valence-electron chi connectivity index (χ0n) is 16.2. The monoisotopic (exact) mass is 432 g/mol. The van der Waals surface area contributed by atoms with E-state index >= 15 is 0 Å². The van der Waals surface area contributed by atoms with Gasteiger partial charge in [-0.2, -0.15) is 0 Å². The topological polar surface area (TPSA) is 88.0 Å². The molecule has 4 aromatic heterocycles. The van der Waals surface area contributed by atoms with E-state index in [4.69, 9.17) is 0 Å². The number of H-pyrrole nitrogens is 1. The maximum absolute atomic E-state index is 14.1. The van der Waals surface area contributed by atoms with Crippen LogP contribution in [0.3, 0.4) is 0 Å². The fraction of sp³-hybridized carbons (Fsp3) is 0.182. The average molecular weight is 432 g/mol. The van der Waals surface area contributed by atoms with E-state index in [-0.39, 0.29) is 17.4 Å². The fourth-order valence-corrected chi connectivity index (χ4v) is 4.87. The van der Waals surface area contributed by atoms with Gasteiger partial charge in [0.1, 0.15) is 22.5 Å². The van der Waals surface area contributed by atoms with Gasteiger partial charge in [0.25, 0.3) is 5.56 Å². The summed E-state index contributed by atoms with van der Waals surface area (Å²) >= 11 is 1.50. The number of aromatic nitrogens is 5. The Kier molecular flexibility index (Phi) is 4.10. The minimum Gasteiger partial charge on any atom is -0.361 e. The minimum absolute atomic E-state index is 0.152. The van der Waals surface area contributed by atoms with Crippen molar-refractivity contribution in [1.29, 1.82) is 0 Å². The number of benzene rings is 1. The summed E-state index contributed by atoms with van der Waals surface area (Å²) in [5.41, 5.74) is 3.07. The third kappa shape index (κ3) is 3.09. The van der Waals surface area contributed by atoms with Crippen LogP contribution in [0, 0.1) is 11.7 Å². The summed E-state index contributed by atoms with van der Waals surface area (Å²) in [4.78, 5) is 30.2. The van der Waals surface area contributed by atoms with Crippen LogP contribution in [0.5, 0.6) is 0 Å². The van der Waals surface area contributed by atoms with E-state index in [1.54, 1.807) is 29.1 Å². The van der Waals surface area contributed by atoms with E-state index < -0.39 is 0 Å². The lowest BCUT2D eigenvalue weighted by Gasteiger charge is -2.22. The molecule has 1 unspecified atom stereocenters. The van der Waals surface area contributed by atoms with E-state index in [0.717, 1.165) is 28.8 Å². The SMILES string of the molecule is O=c1c(-c2cccc(F)c2)c(C(Nc2ncnc3nc[nH]c23)C2CC2)cc2sccn12. The number of thiazole rings is 1. The fourth-order valence-electron chi connectivity index (χ4n) is 4.09. The predicted molar refractivity (Wildman–Crippen MR) is 118 cm³/mol. The Bertz CT molecular complexity index is 1480. The van der Waals surface area contributed by atoms with Gasteiger partial charge in [-0.25, -0.2) is 19.3 Å². The largest absolute Gasteiger partial charge is 0.361 e. The van der Waals surface area contributed by atoms with E-state index in [9.17, 15) is 9.18 Å². The lowest BCUT2D eigenvalue weighted by atomic mass is 9.93. The number of aromatic amines is 1. The Balaban J connectivity index is 1.57. The van der Waals surface area contributed by atoms with Crippen LogP contribution in [-0.2, 0) is 0 Å². The van der Waals surface area contributed by atoms with Crippen LogP contribution in [-0.4, -0.2) is 24.3 Å². The van der Waals surface area contributed by atoms with Crippen LogP contribution in [0.1, 0.15) is 24.4 Å². The first-order valence-corrected chi connectivity index (χ1v) is 10.9. The molecule has 0 radical (unpaired) electrons. The number of imidazole rings is 1. The number of anilines is 1. The number of nitrogens with zero attached hydrogens (tertiary/aromatic N) is 4. The van der Waals surface area contributed by atoms with Crippen molar-refractivity contribution in [3.8, 4) is 11.1 Å². The summed E-state index contributed by atoms with van der Waals surface area (Å²) in [7, 11) is 0. The Morgan fingerprint density at radius 1 is 1.23 bits per heavy atom. The van der Waals surface area contributed by atoms with Gasteiger partial charge in [-0.1, -0.05) is 12.1 Å². The quantitative estimate of drug-likeness (QED) is 0.430. The standard InChI is InChI=1S/C22H17FN6OS/c23-14-3-1-2-13(8-14)17-15(9-16-29(22(17)30)6-7-31-16)18(12-4-5-12)28-21-19-20(25-10-24-19)26-11-27-21/h1-3,6-12,18H,4-5H2,(H2,24,25,26,27,28). The van der Waals surface area contributed by atoms with Gasteiger partial charge in [0.15, 0.2) is 11.5 Å². The van der Waals surface area contributed by atoms with Gasteiger partial charge in [0, 0.05) is 11.6 Å². The first-order valence-electron chi connectivity index (χ1n) is 9.98. The Labute approximate surface area is 179 Å². The molecule has 1 aliphatic carbocycles. The van der Waals surface area contributed by atoms with Crippen molar-refractivity contribution in [2.45, 2.75) is 18.9 Å². The Morgan fingerprint density at radius 3 is 2.97 bits per heavy atom. The van der Waals surface area contributed by atoms with Crippen molar-refractivity contribution in [3.63, 3.8) is 0 Å². The number of nitrogens with one attached hydrogen (secondary N) is 2. The van der Waals surface area contributed by atoms with Crippen LogP contribution < -0.4 is 10.9 Å². The van der Waals surface area contributed by atoms with Crippen molar-refractivity contribution >= 4 is 33.1 Å². The van der Waals surface area contributed by atoms with Gasteiger partial charge >= 0.3 is 0 Å². The number of rotatable bonds is 5. The van der Waals surface area contributed by atoms with E-state index in [1.165, 1.54) is 29.8 Å². The number of pyridine rings is 1. The molecule has 0 aliphatic heterocycles. The molecule has 0 amide bonds. The molecule has 7 nitrogen and oxygen atoms in total. The van der Waals surface area contributed by atoms with Crippen molar-refractivity contribution in [2.24, 2.45) is 5.92 Å². The van der Waals surface area contributed by atoms with Gasteiger partial charge in [-0.3, -0.25) is 9.20 Å². The number of hydrogen-bond donors (Lipinski definition) is 2. The van der Waals surface area contributed by atoms with Crippen molar-refractivity contribution in [1.82, 2.24) is 24.3 Å². The third-order valence-electron chi connectivity index (χ3n) is 5.69. The van der Waals surface area contributed by atoms with Crippen LogP contribution in [0.15, 0.2) is 59.4 Å². The summed E-state index contributed by atoms with van der Waals surface area (Å²) in [6, 6.07) is 8.10. The van der Waals surface area contributed by atoms with Crippen LogP contribution in [0.25, 0.3) is 27.1 Å². The molecule has 1 atom stereocenters. The van der Waals surface area contributed by atoms with Gasteiger partial charge in [-0.15, -0.1) is 11.3 Å². The lowest BCUT2D eigenvalue weighted by molar-refractivity contribution is 0.628. The summed E-state index contributed by atoms with van der Waals surface area (Å²) in [5.74, 6) is 0.613. The molecule has 9 heteroatoms. The zero-order chi connectivity index (χ0) is 20.9. The molecule has 4 heterocycles. The highest BCUT2D eigenvalue weighted by Gasteiger charge is 2.35. The third-order valence-corrected chi connectivity index (χ3v) is 6.51. The van der Waals surface area contributed by atoms with Crippen LogP contribution in [0.4, 0.5) is 10.2 Å². The van der Waals surface area contributed by atoms with Crippen molar-refractivity contribution in [3.05, 3.63) is 76.3 Å². The first-order chi connectivity index (χ1) is 15.2. The number of halogens is 1. The maximum Gasteiger partial charge on any atom is 0.263 e. The summed E-state index contributed by atoms with van der Waals surface area (Å²) in [5, 5.41) is 5.42. The normalized spacial score (nSPS) is 14.9. The molecule has 154 valence electrons. The highest BCUT2D eigenvalue weighted by Crippen LogP contribution is 2.45. The molecule has 1 saturated carbocycles. The molecule has 1 aliphatic rings. The molecule has 31 heavy (non-hydrogen) atoms. The maximum atomic E-state index is 14.1. The van der Waals surface area contributed by atoms with Gasteiger partial charge in [-0.05, 0) is 48.1 Å². The molecule has 2 N–H and O–H groups in total. The highest BCUT2D eigenvalue weighted by molar-refractivity contribution is 7.15. The summed E-state index contributed by atoms with van der Waals surface area (Å²) in [6.07, 6.45) is 6.90. The van der Waals surface area contributed by atoms with E-state index in [2.05, 4.69) is 25.3 Å². The van der Waals surface area contributed by atoms with Crippen molar-refractivity contribution in [2.75, 3.05) is 5.32 Å². The first kappa shape index (κ1) is 18.2. The molecule has 5 aromatic rings. The van der Waals surface area contributed by atoms with Gasteiger partial charge < -0.3 is 10.3 Å². The Morgan fingerprint density at radius 2 is 2.13 bits per heavy atom. The number of hydrogen-bond acceptors (Lipinski definition) is 6. The molecule has 1 fully saturated rings. The minimum atomic E-state index is -0.371. The van der Waals surface area contributed by atoms with Crippen LogP contribution in [0.2, 0.25) is 0 Å². The second-order valence-corrected chi connectivity index (χ2v) is 8.61. The van der Waals surface area contributed by atoms with E-state index in [0.29, 0.717) is 28.5 Å². The molecule has 0 saturated heterocycles. The predicted octanol–water partition coefficient (Wildman–Crippen LogP) is 4.40. The summed E-state index contributed by atoms with van der Waals surface area (Å²) in [6.45, 7) is 0. The summed E-state index contributed by atoms with van der Waals surface area (Å²) < 4.78 is 15.7. The van der Waals surface area contributed by atoms with E-state index in [1.807, 2.05) is 11.4 Å². The molecule has 6 rings (SSSR count). The second kappa shape index (κ2) is 6.98. The molecule has 0 bridgehead atoms. The van der Waals surface area contributed by atoms with Gasteiger partial charge in [0.05, 0.1) is 17.9 Å². The molecular formula is C22H17FN6OS. The second-order valence-electron chi connectivity index (χ2n) is 7.68. The molecule has 0 spiro atoms. The smallest absolute Gasteiger partial charge is 0.263 e. The number of fused-ring (bicyclic) bond motifs is 2. The van der Waals surface area contributed by atoms with Gasteiger partial charge in [0.2, 0.25) is 0 Å². The van der Waals surface area contributed by atoms with Crippen LogP contribution >= 0.6 is 11.3 Å². The van der Waals surface area contributed by atoms with Crippen molar-refractivity contribution < 1.29 is 4.39 Å². The highest BCUT2D eigenvalue weighted by atomic mass is 32.1. The lowest BCUT2D eigenvalue weighted by Crippen LogP contribution is -2.22. The molecular weight excluding hydrogens is 415 g/mol. The average Bonchev–Trinajstić information content (AvgIpc) is 3.29.